The summed E-state index contributed by atoms with van der Waals surface area (Å²) < 4.78 is 17.9. The highest BCUT2D eigenvalue weighted by Crippen LogP contribution is 2.35. The first-order valence-electron chi connectivity index (χ1n) is 21.9. The number of aliphatic imine (C=N–C) groups is 1. The predicted molar refractivity (Wildman–Crippen MR) is 255 cm³/mol. The zero-order chi connectivity index (χ0) is 46.7. The Labute approximate surface area is 393 Å². The quantitative estimate of drug-likeness (QED) is 0.0211. The van der Waals surface area contributed by atoms with E-state index in [0.29, 0.717) is 117 Å². The van der Waals surface area contributed by atoms with Crippen LogP contribution in [0.3, 0.4) is 0 Å². The van der Waals surface area contributed by atoms with E-state index in [9.17, 15) is 29.1 Å². The number of thiazole rings is 2. The van der Waals surface area contributed by atoms with Crippen molar-refractivity contribution >= 4 is 90.4 Å². The third-order valence-corrected chi connectivity index (χ3v) is 13.6. The average molecular weight is 951 g/mol. The third-order valence-electron chi connectivity index (χ3n) is 11.4. The molecule has 5 heterocycles. The highest BCUT2D eigenvalue weighted by molar-refractivity contribution is 7.22. The van der Waals surface area contributed by atoms with E-state index in [1.54, 1.807) is 24.4 Å². The SMILES string of the molecule is NN=C(C=NCCCc1sc(N2CCc3cccc(C(=O)Nc4nc5ccccc5s4)c3C2)nc1C(=O)O)COCCOCCOCCNc1cccc2c1CN(C1CCC(=O)NC1=O)C2=O. The van der Waals surface area contributed by atoms with Crippen LogP contribution in [0.2, 0.25) is 0 Å². The number of aromatic nitrogens is 2. The van der Waals surface area contributed by atoms with Crippen molar-refractivity contribution in [2.75, 3.05) is 74.8 Å². The second kappa shape index (κ2) is 22.2. The summed E-state index contributed by atoms with van der Waals surface area (Å²) in [6, 6.07) is 18.2. The lowest BCUT2D eigenvalue weighted by Crippen LogP contribution is -2.52. The number of para-hydroxylation sites is 1. The summed E-state index contributed by atoms with van der Waals surface area (Å²) in [4.78, 5) is 80.5. The van der Waals surface area contributed by atoms with Crippen molar-refractivity contribution in [1.29, 1.82) is 0 Å². The maximum absolute atomic E-state index is 13.5. The summed E-state index contributed by atoms with van der Waals surface area (Å²) in [6.45, 7) is 4.15. The minimum absolute atomic E-state index is 0.0216. The van der Waals surface area contributed by atoms with Gasteiger partial charge in [-0.15, -0.1) is 11.3 Å². The number of carboxylic acids is 1. The number of imide groups is 1. The van der Waals surface area contributed by atoms with E-state index < -0.39 is 17.9 Å². The van der Waals surface area contributed by atoms with Crippen molar-refractivity contribution in [1.82, 2.24) is 20.2 Å². The van der Waals surface area contributed by atoms with Gasteiger partial charge in [0.1, 0.15) is 11.8 Å². The maximum Gasteiger partial charge on any atom is 0.355 e. The van der Waals surface area contributed by atoms with Crippen molar-refractivity contribution in [3.05, 3.63) is 99.1 Å². The number of nitrogens with zero attached hydrogens (tertiary/aromatic N) is 6. The Bertz CT molecular complexity index is 2670. The Morgan fingerprint density at radius 2 is 1.73 bits per heavy atom. The summed E-state index contributed by atoms with van der Waals surface area (Å²) in [7, 11) is 0. The molecule has 1 saturated heterocycles. The smallest absolute Gasteiger partial charge is 0.355 e. The lowest BCUT2D eigenvalue weighted by Gasteiger charge is -2.29. The molecular weight excluding hydrogens is 901 g/mol. The van der Waals surface area contributed by atoms with Crippen LogP contribution in [0.1, 0.15) is 72.0 Å². The number of rotatable bonds is 22. The molecule has 6 N–H and O–H groups in total. The second-order valence-corrected chi connectivity index (χ2v) is 17.9. The van der Waals surface area contributed by atoms with Gasteiger partial charge < -0.3 is 40.3 Å². The van der Waals surface area contributed by atoms with Crippen LogP contribution in [0.15, 0.2) is 70.8 Å². The number of carbonyl (C=O) groups excluding carboxylic acids is 4. The predicted octanol–water partition coefficient (Wildman–Crippen LogP) is 4.51. The molecule has 5 aromatic rings. The topological polar surface area (TPSA) is 252 Å². The number of amides is 4. The maximum atomic E-state index is 13.5. The van der Waals surface area contributed by atoms with Gasteiger partial charge in [0.15, 0.2) is 16.0 Å². The number of hydrogen-bond donors (Lipinski definition) is 5. The van der Waals surface area contributed by atoms with Gasteiger partial charge in [-0.1, -0.05) is 41.7 Å². The number of carbonyl (C=O) groups is 5. The normalized spacial score (nSPS) is 16.1. The van der Waals surface area contributed by atoms with Crippen molar-refractivity contribution in [3.63, 3.8) is 0 Å². The molecule has 0 saturated carbocycles. The number of aryl methyl sites for hydroxylation is 1. The molecule has 19 nitrogen and oxygen atoms in total. The summed E-state index contributed by atoms with van der Waals surface area (Å²) in [5.74, 6) is 3.25. The van der Waals surface area contributed by atoms with Gasteiger partial charge in [0.05, 0.1) is 49.9 Å². The molecule has 0 spiro atoms. The number of carboxylic acid groups (broad SMARTS) is 1. The number of aromatic carboxylic acids is 1. The molecule has 3 aromatic carbocycles. The molecule has 4 amide bonds. The van der Waals surface area contributed by atoms with E-state index in [-0.39, 0.29) is 43.0 Å². The molecule has 0 aliphatic carbocycles. The summed E-state index contributed by atoms with van der Waals surface area (Å²) in [5.41, 5.74) is 5.95. The molecule has 8 rings (SSSR count). The highest BCUT2D eigenvalue weighted by atomic mass is 32.1. The van der Waals surface area contributed by atoms with Gasteiger partial charge in [0.2, 0.25) is 11.8 Å². The monoisotopic (exact) mass is 950 g/mol. The molecule has 67 heavy (non-hydrogen) atoms. The van der Waals surface area contributed by atoms with E-state index in [2.05, 4.69) is 36.0 Å². The zero-order valence-corrected chi connectivity index (χ0v) is 38.2. The average Bonchev–Trinajstić information content (AvgIpc) is 4.05. The Kier molecular flexibility index (Phi) is 15.5. The Balaban J connectivity index is 0.705. The van der Waals surface area contributed by atoms with Crippen molar-refractivity contribution in [2.45, 2.75) is 51.2 Å². The number of nitrogens with one attached hydrogen (secondary N) is 3. The number of fused-ring (bicyclic) bond motifs is 3. The summed E-state index contributed by atoms with van der Waals surface area (Å²) in [5, 5.41) is 23.5. The molecule has 1 unspecified atom stereocenters. The number of ether oxygens (including phenoxy) is 3. The van der Waals surface area contributed by atoms with E-state index >= 15 is 0 Å². The number of piperidine rings is 1. The fourth-order valence-corrected chi connectivity index (χ4v) is 10.1. The van der Waals surface area contributed by atoms with Crippen LogP contribution in [-0.4, -0.2) is 127 Å². The first-order chi connectivity index (χ1) is 32.7. The van der Waals surface area contributed by atoms with Gasteiger partial charge in [0.25, 0.3) is 11.8 Å². The molecule has 350 valence electrons. The number of hydrazone groups is 1. The van der Waals surface area contributed by atoms with E-state index in [1.807, 2.05) is 47.4 Å². The molecule has 3 aliphatic rings. The first kappa shape index (κ1) is 46.9. The van der Waals surface area contributed by atoms with Gasteiger partial charge in [-0.25, -0.2) is 14.8 Å². The molecular formula is C46H50N10O9S2. The van der Waals surface area contributed by atoms with Crippen molar-refractivity contribution < 1.29 is 43.3 Å². The number of nitrogens with two attached hydrogens (primary N) is 1. The molecule has 1 atom stereocenters. The number of hydrogen-bond acceptors (Lipinski definition) is 17. The van der Waals surface area contributed by atoms with E-state index in [4.69, 9.17) is 20.1 Å². The highest BCUT2D eigenvalue weighted by Gasteiger charge is 2.40. The second-order valence-electron chi connectivity index (χ2n) is 15.8. The van der Waals surface area contributed by atoms with E-state index in [0.717, 1.165) is 32.6 Å². The zero-order valence-electron chi connectivity index (χ0n) is 36.5. The Morgan fingerprint density at radius 1 is 0.925 bits per heavy atom. The van der Waals surface area contributed by atoms with Crippen molar-refractivity contribution in [2.24, 2.45) is 15.9 Å². The van der Waals surface area contributed by atoms with Crippen LogP contribution in [0.5, 0.6) is 0 Å². The number of benzene rings is 3. The fourth-order valence-electron chi connectivity index (χ4n) is 8.09. The van der Waals surface area contributed by atoms with Crippen LogP contribution in [0, 0.1) is 0 Å². The van der Waals surface area contributed by atoms with Gasteiger partial charge in [-0.2, -0.15) is 5.10 Å². The van der Waals surface area contributed by atoms with Crippen LogP contribution in [0.25, 0.3) is 10.2 Å². The van der Waals surface area contributed by atoms with Gasteiger partial charge >= 0.3 is 5.97 Å². The molecule has 21 heteroatoms. The lowest BCUT2D eigenvalue weighted by atomic mass is 9.94. The number of anilines is 3. The van der Waals surface area contributed by atoms with E-state index in [1.165, 1.54) is 27.6 Å². The lowest BCUT2D eigenvalue weighted by molar-refractivity contribution is -0.136. The van der Waals surface area contributed by atoms with Crippen LogP contribution in [-0.2, 0) is 49.7 Å². The minimum Gasteiger partial charge on any atom is -0.476 e. The van der Waals surface area contributed by atoms with Crippen LogP contribution in [0.4, 0.5) is 16.0 Å². The van der Waals surface area contributed by atoms with Crippen LogP contribution < -0.4 is 26.7 Å². The van der Waals surface area contributed by atoms with Crippen LogP contribution >= 0.6 is 22.7 Å². The molecule has 1 fully saturated rings. The van der Waals surface area contributed by atoms with Gasteiger partial charge in [0, 0.05) is 72.6 Å². The largest absolute Gasteiger partial charge is 0.476 e. The summed E-state index contributed by atoms with van der Waals surface area (Å²) in [6.07, 6.45) is 3.78. The van der Waals surface area contributed by atoms with Crippen molar-refractivity contribution in [3.8, 4) is 0 Å². The molecule has 3 aliphatic heterocycles. The molecule has 2 aromatic heterocycles. The fraction of sp³-hybridized carbons (Fsp3) is 0.370. The van der Waals surface area contributed by atoms with Gasteiger partial charge in [-0.3, -0.25) is 34.8 Å². The standard InChI is InChI=1S/C46H50N10O9S2/c47-54-29(27-65-23-22-64-21-20-63-19-17-49-34-10-4-8-31-33(34)26-56(43(31)60)36-13-14-39(57)51-42(36)59)24-48-16-5-12-38-40(44(61)62)52-46(67-38)55-18-15-28-6-3-7-30(32(28)25-55)41(58)53-45-50-35-9-1-2-11-37(35)66-45/h1-4,6-11,24,36,49H,5,12-23,25-27,47H2,(H,61,62)(H,50,53,58)(H,51,57,59). The molecule has 0 bridgehead atoms. The molecule has 0 radical (unpaired) electrons. The summed E-state index contributed by atoms with van der Waals surface area (Å²) >= 11 is 2.77. The third kappa shape index (κ3) is 11.5. The Hall–Kier alpha value is -6.65. The first-order valence-corrected chi connectivity index (χ1v) is 23.6. The minimum atomic E-state index is -1.09. The Morgan fingerprint density at radius 3 is 2.54 bits per heavy atom. The van der Waals surface area contributed by atoms with Gasteiger partial charge in [-0.05, 0) is 67.1 Å².